The fourth-order valence-electron chi connectivity index (χ4n) is 5.67. The first-order valence-electron chi connectivity index (χ1n) is 11.0. The van der Waals surface area contributed by atoms with E-state index in [1.807, 2.05) is 24.3 Å². The summed E-state index contributed by atoms with van der Waals surface area (Å²) in [7, 11) is 0. The topological polar surface area (TPSA) is 37.4 Å². The Bertz CT molecular complexity index is 1300. The lowest BCUT2D eigenvalue weighted by atomic mass is 9.85. The molecule has 0 unspecified atom stereocenters. The summed E-state index contributed by atoms with van der Waals surface area (Å²) in [5, 5.41) is 0. The van der Waals surface area contributed by atoms with Crippen LogP contribution in [-0.2, 0) is 9.59 Å². The Balaban J connectivity index is 1.48. The molecule has 3 aromatic carbocycles. The number of benzene rings is 3. The molecule has 2 fully saturated rings. The van der Waals surface area contributed by atoms with Gasteiger partial charge < -0.3 is 0 Å². The Kier molecular flexibility index (Phi) is 5.19. The van der Waals surface area contributed by atoms with Crippen molar-refractivity contribution in [3.63, 3.8) is 0 Å². The molecule has 0 N–H and O–H groups in total. The van der Waals surface area contributed by atoms with Crippen LogP contribution in [0.25, 0.3) is 5.57 Å². The van der Waals surface area contributed by atoms with Gasteiger partial charge in [0.15, 0.2) is 0 Å². The van der Waals surface area contributed by atoms with Gasteiger partial charge >= 0.3 is 0 Å². The average Bonchev–Trinajstić information content (AvgIpc) is 3.47. The minimum atomic E-state index is -0.441. The highest BCUT2D eigenvalue weighted by atomic mass is 79.9. The first-order valence-corrected chi connectivity index (χ1v) is 12.6. The number of halogens is 3. The summed E-state index contributed by atoms with van der Waals surface area (Å²) >= 11 is 7.03. The van der Waals surface area contributed by atoms with Gasteiger partial charge in [-0.25, -0.2) is 9.29 Å². The molecule has 3 aromatic rings. The smallest absolute Gasteiger partial charge is 0.238 e. The first kappa shape index (κ1) is 21.7. The quantitative estimate of drug-likeness (QED) is 0.254. The van der Waals surface area contributed by atoms with Gasteiger partial charge in [-0.3, -0.25) is 9.59 Å². The van der Waals surface area contributed by atoms with Gasteiger partial charge in [0.2, 0.25) is 11.8 Å². The lowest BCUT2D eigenvalue weighted by molar-refractivity contribution is -0.122. The number of rotatable bonds is 3. The molecule has 6 rings (SSSR count). The Morgan fingerprint density at radius 2 is 1.12 bits per heavy atom. The number of nitrogens with zero attached hydrogens (tertiary/aromatic N) is 1. The third-order valence-electron chi connectivity index (χ3n) is 7.06. The Hall–Kier alpha value is -2.83. The summed E-state index contributed by atoms with van der Waals surface area (Å²) in [6.45, 7) is 0. The number of allylic oxidation sites excluding steroid dienone is 3. The minimum absolute atomic E-state index is 0.154. The van der Waals surface area contributed by atoms with Crippen LogP contribution in [-0.4, -0.2) is 11.8 Å². The highest BCUT2D eigenvalue weighted by Gasteiger charge is 2.62. The predicted molar refractivity (Wildman–Crippen MR) is 136 cm³/mol. The molecule has 2 bridgehead atoms. The maximum atomic E-state index is 13.5. The van der Waals surface area contributed by atoms with Crippen molar-refractivity contribution in [1.29, 1.82) is 0 Å². The Morgan fingerprint density at radius 1 is 0.676 bits per heavy atom. The number of anilines is 1. The van der Waals surface area contributed by atoms with Gasteiger partial charge in [-0.15, -0.1) is 0 Å². The largest absolute Gasteiger partial charge is 0.274 e. The molecule has 0 radical (unpaired) electrons. The number of amides is 2. The van der Waals surface area contributed by atoms with Crippen LogP contribution in [0.3, 0.4) is 0 Å². The lowest BCUT2D eigenvalue weighted by Gasteiger charge is -2.21. The van der Waals surface area contributed by atoms with Crippen molar-refractivity contribution in [2.75, 3.05) is 4.90 Å². The second-order valence-corrected chi connectivity index (χ2v) is 10.7. The molecule has 1 heterocycles. The third kappa shape index (κ3) is 3.27. The SMILES string of the molecule is O=C1[C@H]2[C@H](C(=O)N1c1ccc(F)cc1)[C@H]1C=C[C@H]2C1=C(c1ccc(Br)cc1)c1ccc(Br)cc1. The third-order valence-corrected chi connectivity index (χ3v) is 8.11. The zero-order valence-corrected chi connectivity index (χ0v) is 21.0. The van der Waals surface area contributed by atoms with Gasteiger partial charge in [-0.1, -0.05) is 68.3 Å². The fourth-order valence-corrected chi connectivity index (χ4v) is 6.20. The van der Waals surface area contributed by atoms with Crippen molar-refractivity contribution >= 4 is 54.9 Å². The molecule has 1 aliphatic heterocycles. The molecule has 34 heavy (non-hydrogen) atoms. The van der Waals surface area contributed by atoms with Crippen molar-refractivity contribution in [2.45, 2.75) is 0 Å². The molecular formula is C28H18Br2FNO2. The molecule has 168 valence electrons. The lowest BCUT2D eigenvalue weighted by Crippen LogP contribution is -2.33. The number of fused-ring (bicyclic) bond motifs is 5. The molecule has 3 aliphatic rings. The molecule has 1 saturated carbocycles. The van der Waals surface area contributed by atoms with Gasteiger partial charge in [0.1, 0.15) is 5.82 Å². The molecular weight excluding hydrogens is 561 g/mol. The minimum Gasteiger partial charge on any atom is -0.274 e. The summed E-state index contributed by atoms with van der Waals surface area (Å²) in [6.07, 6.45) is 4.16. The normalized spacial score (nSPS) is 24.8. The summed E-state index contributed by atoms with van der Waals surface area (Å²) in [5.41, 5.74) is 4.73. The van der Waals surface area contributed by atoms with Crippen molar-refractivity contribution in [1.82, 2.24) is 0 Å². The van der Waals surface area contributed by atoms with Crippen LogP contribution in [0.5, 0.6) is 0 Å². The van der Waals surface area contributed by atoms with E-state index in [9.17, 15) is 14.0 Å². The number of hydrogen-bond donors (Lipinski definition) is 0. The van der Waals surface area contributed by atoms with Gasteiger partial charge in [0.05, 0.1) is 17.5 Å². The maximum Gasteiger partial charge on any atom is 0.238 e. The summed E-state index contributed by atoms with van der Waals surface area (Å²) in [4.78, 5) is 28.3. The Morgan fingerprint density at radius 3 is 1.56 bits per heavy atom. The van der Waals surface area contributed by atoms with Gasteiger partial charge in [-0.05, 0) is 70.8 Å². The van der Waals surface area contributed by atoms with E-state index in [-0.39, 0.29) is 23.7 Å². The number of imide groups is 1. The zero-order chi connectivity index (χ0) is 23.6. The molecule has 0 spiro atoms. The summed E-state index contributed by atoms with van der Waals surface area (Å²) < 4.78 is 15.4. The van der Waals surface area contributed by atoms with Gasteiger partial charge in [-0.2, -0.15) is 0 Å². The van der Waals surface area contributed by atoms with E-state index in [1.54, 1.807) is 0 Å². The molecule has 6 heteroatoms. The first-order chi connectivity index (χ1) is 16.4. The van der Waals surface area contributed by atoms with Crippen molar-refractivity contribution in [3.8, 4) is 0 Å². The number of hydrogen-bond acceptors (Lipinski definition) is 2. The van der Waals surface area contributed by atoms with Crippen LogP contribution < -0.4 is 4.90 Å². The predicted octanol–water partition coefficient (Wildman–Crippen LogP) is 6.77. The van der Waals surface area contributed by atoms with E-state index in [0.29, 0.717) is 5.69 Å². The van der Waals surface area contributed by atoms with Crippen molar-refractivity contribution in [3.05, 3.63) is 116 Å². The van der Waals surface area contributed by atoms with E-state index in [4.69, 9.17) is 0 Å². The van der Waals surface area contributed by atoms with E-state index < -0.39 is 17.7 Å². The van der Waals surface area contributed by atoms with Crippen molar-refractivity contribution in [2.24, 2.45) is 23.7 Å². The molecule has 2 aliphatic carbocycles. The molecule has 3 nitrogen and oxygen atoms in total. The standard InChI is InChI=1S/C28H18Br2FNO2/c29-17-5-1-15(2-6-17)23(16-3-7-18(30)8-4-16)24-21-13-14-22(24)26-25(21)27(33)32(28(26)34)20-11-9-19(31)10-12-20/h1-14,21-22,25-26H/t21-,22-,25+,26+/m0/s1. The van der Waals surface area contributed by atoms with Gasteiger partial charge in [0, 0.05) is 20.8 Å². The van der Waals surface area contributed by atoms with Crippen molar-refractivity contribution < 1.29 is 14.0 Å². The van der Waals surface area contributed by atoms with E-state index in [2.05, 4.69) is 68.3 Å². The molecule has 2 amide bonds. The Labute approximate surface area is 213 Å². The zero-order valence-electron chi connectivity index (χ0n) is 17.8. The second-order valence-electron chi connectivity index (χ2n) is 8.82. The average molecular weight is 579 g/mol. The maximum absolute atomic E-state index is 13.5. The van der Waals surface area contributed by atoms with Crippen LogP contribution in [0.2, 0.25) is 0 Å². The molecule has 0 aromatic heterocycles. The second kappa shape index (κ2) is 8.14. The number of carbonyl (C=O) groups excluding carboxylic acids is 2. The molecule has 1 saturated heterocycles. The molecule has 4 atom stereocenters. The van der Waals surface area contributed by atoms with Crippen LogP contribution in [0.15, 0.2) is 99.5 Å². The van der Waals surface area contributed by atoms with Crippen LogP contribution in [0, 0.1) is 29.5 Å². The monoisotopic (exact) mass is 577 g/mol. The van der Waals surface area contributed by atoms with E-state index >= 15 is 0 Å². The van der Waals surface area contributed by atoms with Crippen LogP contribution in [0.1, 0.15) is 11.1 Å². The fraction of sp³-hybridized carbons (Fsp3) is 0.143. The highest BCUT2D eigenvalue weighted by molar-refractivity contribution is 9.10. The van der Waals surface area contributed by atoms with Crippen LogP contribution in [0.4, 0.5) is 10.1 Å². The van der Waals surface area contributed by atoms with E-state index in [0.717, 1.165) is 31.2 Å². The number of carbonyl (C=O) groups is 2. The summed E-state index contributed by atoms with van der Waals surface area (Å²) in [6, 6.07) is 21.8. The van der Waals surface area contributed by atoms with Gasteiger partial charge in [0.25, 0.3) is 0 Å². The summed E-state index contributed by atoms with van der Waals surface area (Å²) in [5.74, 6) is -2.00. The van der Waals surface area contributed by atoms with E-state index in [1.165, 1.54) is 29.2 Å². The highest BCUT2D eigenvalue weighted by Crippen LogP contribution is 2.58. The van der Waals surface area contributed by atoms with Crippen LogP contribution >= 0.6 is 31.9 Å².